The summed E-state index contributed by atoms with van der Waals surface area (Å²) in [7, 11) is 3.91. The van der Waals surface area contributed by atoms with E-state index in [0.29, 0.717) is 18.2 Å². The first-order valence-corrected chi connectivity index (χ1v) is 11.5. The third kappa shape index (κ3) is 5.22. The molecule has 10 heteroatoms. The summed E-state index contributed by atoms with van der Waals surface area (Å²) in [5, 5.41) is 14.4. The molecule has 31 heavy (non-hydrogen) atoms. The minimum absolute atomic E-state index is 0.241. The number of nitrogens with one attached hydrogen (secondary N) is 1. The smallest absolute Gasteiger partial charge is 0.273 e. The van der Waals surface area contributed by atoms with Crippen LogP contribution in [0.3, 0.4) is 0 Å². The lowest BCUT2D eigenvalue weighted by Crippen LogP contribution is -2.31. The summed E-state index contributed by atoms with van der Waals surface area (Å²) in [6.07, 6.45) is 1.39. The average molecular weight is 455 g/mol. The standard InChI is InChI=1S/C21H22N6O2S2/c1-26(2)11-10-22-20(28)16-13-29-18(23-16)14-31-21-25-24-19(17-9-6-12-30-17)27(21)15-7-4-3-5-8-15/h3-9,12-13H,10-11,14H2,1-2H3,(H,22,28). The molecule has 1 aromatic carbocycles. The molecule has 4 rings (SSSR count). The van der Waals surface area contributed by atoms with Crippen molar-refractivity contribution in [3.05, 3.63) is 65.7 Å². The number of para-hydroxylation sites is 1. The second-order valence-corrected chi connectivity index (χ2v) is 8.82. The maximum Gasteiger partial charge on any atom is 0.273 e. The summed E-state index contributed by atoms with van der Waals surface area (Å²) in [5.74, 6) is 1.44. The lowest BCUT2D eigenvalue weighted by Gasteiger charge is -2.09. The van der Waals surface area contributed by atoms with Crippen LogP contribution < -0.4 is 5.32 Å². The molecule has 0 aliphatic carbocycles. The highest BCUT2D eigenvalue weighted by Gasteiger charge is 2.18. The van der Waals surface area contributed by atoms with Crippen molar-refractivity contribution in [3.63, 3.8) is 0 Å². The van der Waals surface area contributed by atoms with Crippen LogP contribution in [0.5, 0.6) is 0 Å². The number of hydrogen-bond donors (Lipinski definition) is 1. The van der Waals surface area contributed by atoms with Gasteiger partial charge in [-0.25, -0.2) is 4.98 Å². The van der Waals surface area contributed by atoms with Gasteiger partial charge < -0.3 is 14.6 Å². The summed E-state index contributed by atoms with van der Waals surface area (Å²) in [4.78, 5) is 19.6. The third-order valence-electron chi connectivity index (χ3n) is 4.34. The number of carbonyl (C=O) groups excluding carboxylic acids is 1. The number of aromatic nitrogens is 4. The SMILES string of the molecule is CN(C)CCNC(=O)c1coc(CSc2nnc(-c3cccs3)n2-c2ccccc2)n1. The van der Waals surface area contributed by atoms with Gasteiger partial charge in [-0.1, -0.05) is 36.0 Å². The van der Waals surface area contributed by atoms with Crippen molar-refractivity contribution >= 4 is 29.0 Å². The highest BCUT2D eigenvalue weighted by molar-refractivity contribution is 7.98. The molecule has 160 valence electrons. The molecule has 0 bridgehead atoms. The predicted octanol–water partition coefficient (Wildman–Crippen LogP) is 3.57. The molecule has 0 saturated heterocycles. The van der Waals surface area contributed by atoms with E-state index >= 15 is 0 Å². The summed E-state index contributed by atoms with van der Waals surface area (Å²) in [6.45, 7) is 1.31. The Hall–Kier alpha value is -2.95. The number of benzene rings is 1. The van der Waals surface area contributed by atoms with Gasteiger partial charge in [-0.05, 0) is 37.7 Å². The van der Waals surface area contributed by atoms with E-state index in [4.69, 9.17) is 4.42 Å². The zero-order valence-corrected chi connectivity index (χ0v) is 18.8. The number of oxazole rings is 1. The fourth-order valence-electron chi connectivity index (χ4n) is 2.83. The highest BCUT2D eigenvalue weighted by Crippen LogP contribution is 2.31. The number of hydrogen-bond acceptors (Lipinski definition) is 8. The first kappa shape index (κ1) is 21.3. The molecule has 4 aromatic rings. The predicted molar refractivity (Wildman–Crippen MR) is 122 cm³/mol. The monoisotopic (exact) mass is 454 g/mol. The second kappa shape index (κ2) is 9.90. The van der Waals surface area contributed by atoms with Crippen LogP contribution in [0.4, 0.5) is 0 Å². The Morgan fingerprint density at radius 2 is 2.03 bits per heavy atom. The Bertz CT molecular complexity index is 1120. The molecular weight excluding hydrogens is 432 g/mol. The van der Waals surface area contributed by atoms with E-state index in [9.17, 15) is 4.79 Å². The minimum atomic E-state index is -0.241. The van der Waals surface area contributed by atoms with Gasteiger partial charge in [0.25, 0.3) is 5.91 Å². The largest absolute Gasteiger partial charge is 0.447 e. The average Bonchev–Trinajstić information content (AvgIpc) is 3.52. The molecule has 0 aliphatic heterocycles. The number of amides is 1. The quantitative estimate of drug-likeness (QED) is 0.387. The summed E-state index contributed by atoms with van der Waals surface area (Å²) in [5.41, 5.74) is 1.25. The maximum absolute atomic E-state index is 12.2. The van der Waals surface area contributed by atoms with Crippen LogP contribution in [0.1, 0.15) is 16.4 Å². The fourth-order valence-corrected chi connectivity index (χ4v) is 4.33. The first-order chi connectivity index (χ1) is 15.1. The Morgan fingerprint density at radius 3 is 2.77 bits per heavy atom. The number of thiophene rings is 1. The van der Waals surface area contributed by atoms with Crippen molar-refractivity contribution in [3.8, 4) is 16.4 Å². The highest BCUT2D eigenvalue weighted by atomic mass is 32.2. The van der Waals surface area contributed by atoms with E-state index in [1.54, 1.807) is 11.3 Å². The molecular formula is C21H22N6O2S2. The van der Waals surface area contributed by atoms with Gasteiger partial charge in [0.05, 0.1) is 10.6 Å². The van der Waals surface area contributed by atoms with Gasteiger partial charge in [-0.15, -0.1) is 21.5 Å². The van der Waals surface area contributed by atoms with Gasteiger partial charge in [-0.3, -0.25) is 9.36 Å². The van der Waals surface area contributed by atoms with Crippen molar-refractivity contribution in [2.75, 3.05) is 27.2 Å². The van der Waals surface area contributed by atoms with Crippen LogP contribution in [0.25, 0.3) is 16.4 Å². The van der Waals surface area contributed by atoms with Gasteiger partial charge in [0, 0.05) is 18.8 Å². The number of likely N-dealkylation sites (N-methyl/N-ethyl adjacent to an activating group) is 1. The molecule has 0 radical (unpaired) electrons. The number of thioether (sulfide) groups is 1. The Kier molecular flexibility index (Phi) is 6.80. The zero-order valence-electron chi connectivity index (χ0n) is 17.2. The van der Waals surface area contributed by atoms with E-state index < -0.39 is 0 Å². The Balaban J connectivity index is 1.48. The molecule has 3 aromatic heterocycles. The molecule has 0 fully saturated rings. The van der Waals surface area contributed by atoms with E-state index in [1.165, 1.54) is 18.0 Å². The molecule has 3 heterocycles. The van der Waals surface area contributed by atoms with E-state index in [2.05, 4.69) is 20.5 Å². The number of carbonyl (C=O) groups is 1. The number of nitrogens with zero attached hydrogens (tertiary/aromatic N) is 5. The summed E-state index contributed by atoms with van der Waals surface area (Å²) >= 11 is 3.08. The lowest BCUT2D eigenvalue weighted by molar-refractivity contribution is 0.0946. The van der Waals surface area contributed by atoms with Gasteiger partial charge >= 0.3 is 0 Å². The van der Waals surface area contributed by atoms with E-state index in [1.807, 2.05) is 71.4 Å². The van der Waals surface area contributed by atoms with Crippen molar-refractivity contribution in [2.24, 2.45) is 0 Å². The van der Waals surface area contributed by atoms with Crippen molar-refractivity contribution in [1.82, 2.24) is 30.0 Å². The van der Waals surface area contributed by atoms with Gasteiger partial charge in [0.15, 0.2) is 16.7 Å². The van der Waals surface area contributed by atoms with Gasteiger partial charge in [-0.2, -0.15) is 0 Å². The molecule has 0 atom stereocenters. The Morgan fingerprint density at radius 1 is 1.19 bits per heavy atom. The first-order valence-electron chi connectivity index (χ1n) is 9.66. The topological polar surface area (TPSA) is 89.1 Å². The van der Waals surface area contributed by atoms with Crippen molar-refractivity contribution in [2.45, 2.75) is 10.9 Å². The van der Waals surface area contributed by atoms with Crippen LogP contribution in [0.2, 0.25) is 0 Å². The van der Waals surface area contributed by atoms with Crippen LogP contribution in [0.15, 0.2) is 63.7 Å². The van der Waals surface area contributed by atoms with Crippen LogP contribution in [-0.4, -0.2) is 57.7 Å². The second-order valence-electron chi connectivity index (χ2n) is 6.93. The normalized spacial score (nSPS) is 11.2. The molecule has 1 N–H and O–H groups in total. The van der Waals surface area contributed by atoms with Gasteiger partial charge in [0.1, 0.15) is 6.26 Å². The zero-order chi connectivity index (χ0) is 21.6. The molecule has 0 unspecified atom stereocenters. The van der Waals surface area contributed by atoms with Gasteiger partial charge in [0.2, 0.25) is 5.89 Å². The summed E-state index contributed by atoms with van der Waals surface area (Å²) < 4.78 is 7.52. The van der Waals surface area contributed by atoms with Crippen molar-refractivity contribution in [1.29, 1.82) is 0 Å². The molecule has 0 saturated carbocycles. The van der Waals surface area contributed by atoms with E-state index in [-0.39, 0.29) is 11.6 Å². The molecule has 8 nitrogen and oxygen atoms in total. The number of rotatable bonds is 9. The van der Waals surface area contributed by atoms with Crippen LogP contribution in [0, 0.1) is 0 Å². The molecule has 0 aliphatic rings. The summed E-state index contributed by atoms with van der Waals surface area (Å²) in [6, 6.07) is 14.0. The Labute approximate surface area is 188 Å². The molecule has 1 amide bonds. The molecule has 0 spiro atoms. The third-order valence-corrected chi connectivity index (χ3v) is 6.12. The lowest BCUT2D eigenvalue weighted by atomic mass is 10.3. The fraction of sp³-hybridized carbons (Fsp3) is 0.238. The van der Waals surface area contributed by atoms with E-state index in [0.717, 1.165) is 28.1 Å². The maximum atomic E-state index is 12.2. The van der Waals surface area contributed by atoms with Crippen LogP contribution >= 0.6 is 23.1 Å². The minimum Gasteiger partial charge on any atom is -0.447 e. The van der Waals surface area contributed by atoms with Crippen LogP contribution in [-0.2, 0) is 5.75 Å². The van der Waals surface area contributed by atoms with Crippen molar-refractivity contribution < 1.29 is 9.21 Å².